The average molecular weight is 328 g/mol. The number of ketones is 1. The van der Waals surface area contributed by atoms with Crippen LogP contribution in [0.15, 0.2) is 71.6 Å². The van der Waals surface area contributed by atoms with E-state index in [1.165, 1.54) is 11.8 Å². The van der Waals surface area contributed by atoms with Crippen molar-refractivity contribution in [2.75, 3.05) is 19.5 Å². The van der Waals surface area contributed by atoms with Gasteiger partial charge >= 0.3 is 0 Å². The number of rotatable bonds is 8. The summed E-state index contributed by atoms with van der Waals surface area (Å²) in [5, 5.41) is 9.04. The predicted molar refractivity (Wildman–Crippen MR) is 93.9 cm³/mol. The van der Waals surface area contributed by atoms with Gasteiger partial charge in [-0.15, -0.1) is 11.8 Å². The molecule has 0 aromatic heterocycles. The summed E-state index contributed by atoms with van der Waals surface area (Å²) in [5.41, 5.74) is 1.84. The van der Waals surface area contributed by atoms with E-state index in [1.807, 2.05) is 54.8 Å². The zero-order valence-electron chi connectivity index (χ0n) is 13.1. The fraction of sp³-hybridized carbons (Fsp3) is 0.211. The van der Waals surface area contributed by atoms with Crippen molar-refractivity contribution in [3.8, 4) is 0 Å². The molecule has 0 amide bonds. The Morgan fingerprint density at radius 2 is 1.83 bits per heavy atom. The first-order valence-corrected chi connectivity index (χ1v) is 8.55. The number of Topliss-reactive ketones (excluding diaryl/α,β-unsaturated/α-hetero) is 1. The molecule has 0 aliphatic rings. The molecule has 0 aliphatic heterocycles. The molecule has 0 bridgehead atoms. The summed E-state index contributed by atoms with van der Waals surface area (Å²) in [7, 11) is 0. The van der Waals surface area contributed by atoms with Gasteiger partial charge in [-0.05, 0) is 24.0 Å². The molecule has 2 aromatic rings. The first kappa shape index (κ1) is 17.5. The molecule has 0 aliphatic carbocycles. The lowest BCUT2D eigenvalue weighted by atomic mass is 9.95. The van der Waals surface area contributed by atoms with E-state index in [9.17, 15) is 4.79 Å². The third kappa shape index (κ3) is 4.32. The van der Waals surface area contributed by atoms with Crippen LogP contribution in [0.25, 0.3) is 0 Å². The second-order valence-electron chi connectivity index (χ2n) is 4.94. The fourth-order valence-electron chi connectivity index (χ4n) is 2.32. The molecule has 0 heterocycles. The van der Waals surface area contributed by atoms with Crippen molar-refractivity contribution < 1.29 is 14.6 Å². The molecule has 120 valence electrons. The van der Waals surface area contributed by atoms with E-state index in [1.54, 1.807) is 6.07 Å². The predicted octanol–water partition coefficient (Wildman–Crippen LogP) is 3.90. The largest absolute Gasteiger partial charge is 0.394 e. The van der Waals surface area contributed by atoms with Gasteiger partial charge in [-0.25, -0.2) is 0 Å². The lowest BCUT2D eigenvalue weighted by Crippen LogP contribution is -2.16. The summed E-state index contributed by atoms with van der Waals surface area (Å²) in [6, 6.07) is 16.9. The van der Waals surface area contributed by atoms with E-state index in [0.29, 0.717) is 11.1 Å². The van der Waals surface area contributed by atoms with Crippen molar-refractivity contribution in [3.63, 3.8) is 0 Å². The number of aliphatic hydroxyl groups excluding tert-OH is 1. The molecule has 0 spiro atoms. The van der Waals surface area contributed by atoms with Gasteiger partial charge in [0.25, 0.3) is 0 Å². The monoisotopic (exact) mass is 328 g/mol. The van der Waals surface area contributed by atoms with Crippen LogP contribution in [0.2, 0.25) is 0 Å². The zero-order chi connectivity index (χ0) is 16.7. The number of ether oxygens (including phenoxy) is 1. The number of carbonyl (C=O) groups excluding carboxylic acids is 1. The van der Waals surface area contributed by atoms with Crippen LogP contribution in [0.3, 0.4) is 0 Å². The van der Waals surface area contributed by atoms with E-state index in [0.717, 1.165) is 10.5 Å². The van der Waals surface area contributed by atoms with Crippen molar-refractivity contribution in [2.24, 2.45) is 0 Å². The summed E-state index contributed by atoms with van der Waals surface area (Å²) in [6.07, 6.45) is 1.37. The van der Waals surface area contributed by atoms with Crippen molar-refractivity contribution in [2.45, 2.75) is 11.0 Å². The first-order valence-electron chi connectivity index (χ1n) is 7.33. The molecule has 1 atom stereocenters. The molecule has 1 unspecified atom stereocenters. The zero-order valence-corrected chi connectivity index (χ0v) is 13.9. The van der Waals surface area contributed by atoms with Crippen molar-refractivity contribution in [1.82, 2.24) is 0 Å². The standard InChI is InChI=1S/C19H20O3S/c1-14(18(21)16-10-6-7-11-17(16)23-2)19(22-13-12-20)15-8-4-3-5-9-15/h3-11,19-20H,1,12-13H2,2H3. The molecule has 1 N–H and O–H groups in total. The highest BCUT2D eigenvalue weighted by Crippen LogP contribution is 2.30. The fourth-order valence-corrected chi connectivity index (χ4v) is 2.92. The molecule has 0 saturated heterocycles. The topological polar surface area (TPSA) is 46.5 Å². The second kappa shape index (κ2) is 8.67. The van der Waals surface area contributed by atoms with E-state index in [4.69, 9.17) is 9.84 Å². The van der Waals surface area contributed by atoms with Crippen LogP contribution in [0, 0.1) is 0 Å². The van der Waals surface area contributed by atoms with Crippen molar-refractivity contribution in [1.29, 1.82) is 0 Å². The molecule has 3 nitrogen and oxygen atoms in total. The van der Waals surface area contributed by atoms with Crippen molar-refractivity contribution >= 4 is 17.5 Å². The number of thioether (sulfide) groups is 1. The van der Waals surface area contributed by atoms with Gasteiger partial charge in [-0.3, -0.25) is 4.79 Å². The summed E-state index contributed by atoms with van der Waals surface area (Å²) in [5.74, 6) is -0.137. The van der Waals surface area contributed by atoms with Crippen LogP contribution in [0.5, 0.6) is 0 Å². The Labute approximate surface area is 141 Å². The summed E-state index contributed by atoms with van der Waals surface area (Å²) in [6.45, 7) is 4.01. The summed E-state index contributed by atoms with van der Waals surface area (Å²) in [4.78, 5) is 13.8. The maximum absolute atomic E-state index is 12.8. The molecular formula is C19H20O3S. The van der Waals surface area contributed by atoms with Gasteiger partial charge in [0, 0.05) is 16.0 Å². The van der Waals surface area contributed by atoms with E-state index in [2.05, 4.69) is 6.58 Å². The maximum atomic E-state index is 12.8. The SMILES string of the molecule is C=C(C(=O)c1ccccc1SC)C(OCCO)c1ccccc1. The smallest absolute Gasteiger partial charge is 0.192 e. The minimum absolute atomic E-state index is 0.105. The Hall–Kier alpha value is -1.88. The Kier molecular flexibility index (Phi) is 6.59. The molecular weight excluding hydrogens is 308 g/mol. The summed E-state index contributed by atoms with van der Waals surface area (Å²) < 4.78 is 5.68. The number of hydrogen-bond donors (Lipinski definition) is 1. The molecule has 0 radical (unpaired) electrons. The minimum Gasteiger partial charge on any atom is -0.394 e. The number of benzene rings is 2. The van der Waals surface area contributed by atoms with Crippen LogP contribution >= 0.6 is 11.8 Å². The Balaban J connectivity index is 2.31. The quantitative estimate of drug-likeness (QED) is 0.453. The lowest BCUT2D eigenvalue weighted by molar-refractivity contribution is 0.0454. The maximum Gasteiger partial charge on any atom is 0.192 e. The Morgan fingerprint density at radius 3 is 2.48 bits per heavy atom. The number of carbonyl (C=O) groups is 1. The van der Waals surface area contributed by atoms with E-state index >= 15 is 0 Å². The van der Waals surface area contributed by atoms with Gasteiger partial charge in [0.05, 0.1) is 13.2 Å². The van der Waals surface area contributed by atoms with Crippen LogP contribution in [0.1, 0.15) is 22.0 Å². The molecule has 0 fully saturated rings. The van der Waals surface area contributed by atoms with Crippen LogP contribution in [-0.4, -0.2) is 30.4 Å². The highest BCUT2D eigenvalue weighted by atomic mass is 32.2. The minimum atomic E-state index is -0.564. The average Bonchev–Trinajstić information content (AvgIpc) is 2.62. The third-order valence-corrected chi connectivity index (χ3v) is 4.23. The molecule has 0 saturated carbocycles. The highest BCUT2D eigenvalue weighted by molar-refractivity contribution is 7.98. The molecule has 2 aromatic carbocycles. The molecule has 4 heteroatoms. The third-order valence-electron chi connectivity index (χ3n) is 3.44. The van der Waals surface area contributed by atoms with E-state index < -0.39 is 6.10 Å². The van der Waals surface area contributed by atoms with Gasteiger partial charge in [-0.1, -0.05) is 49.0 Å². The van der Waals surface area contributed by atoms with Gasteiger partial charge in [0.15, 0.2) is 5.78 Å². The second-order valence-corrected chi connectivity index (χ2v) is 5.79. The van der Waals surface area contributed by atoms with Gasteiger partial charge in [0.1, 0.15) is 6.10 Å². The van der Waals surface area contributed by atoms with Gasteiger partial charge in [0.2, 0.25) is 0 Å². The summed E-state index contributed by atoms with van der Waals surface area (Å²) >= 11 is 1.52. The molecule has 23 heavy (non-hydrogen) atoms. The first-order chi connectivity index (χ1) is 11.2. The Bertz CT molecular complexity index is 667. The lowest BCUT2D eigenvalue weighted by Gasteiger charge is -2.20. The Morgan fingerprint density at radius 1 is 1.17 bits per heavy atom. The van der Waals surface area contributed by atoms with Gasteiger partial charge in [-0.2, -0.15) is 0 Å². The van der Waals surface area contributed by atoms with Crippen LogP contribution in [-0.2, 0) is 4.74 Å². The highest BCUT2D eigenvalue weighted by Gasteiger charge is 2.24. The molecule has 2 rings (SSSR count). The van der Waals surface area contributed by atoms with Crippen LogP contribution < -0.4 is 0 Å². The normalized spacial score (nSPS) is 11.9. The van der Waals surface area contributed by atoms with Crippen LogP contribution in [0.4, 0.5) is 0 Å². The number of hydrogen-bond acceptors (Lipinski definition) is 4. The number of aliphatic hydroxyl groups is 1. The van der Waals surface area contributed by atoms with Crippen molar-refractivity contribution in [3.05, 3.63) is 77.9 Å². The van der Waals surface area contributed by atoms with E-state index in [-0.39, 0.29) is 19.0 Å². The van der Waals surface area contributed by atoms with Gasteiger partial charge < -0.3 is 9.84 Å².